The summed E-state index contributed by atoms with van der Waals surface area (Å²) >= 11 is 12.0. The molecule has 1 aliphatic rings. The van der Waals surface area contributed by atoms with Crippen LogP contribution in [-0.2, 0) is 4.57 Å². The van der Waals surface area contributed by atoms with Crippen LogP contribution in [0.15, 0.2) is 24.4 Å². The van der Waals surface area contributed by atoms with Crippen molar-refractivity contribution in [2.45, 2.75) is 31.6 Å². The molecule has 0 atom stereocenters. The van der Waals surface area contributed by atoms with Crippen LogP contribution in [0.5, 0.6) is 0 Å². The first-order chi connectivity index (χ1) is 11.3. The molecule has 24 heavy (non-hydrogen) atoms. The summed E-state index contributed by atoms with van der Waals surface area (Å²) in [6, 6.07) is 6.15. The van der Waals surface area contributed by atoms with Crippen LogP contribution >= 0.6 is 30.3 Å². The van der Waals surface area contributed by atoms with Gasteiger partial charge in [0.15, 0.2) is 5.82 Å². The summed E-state index contributed by atoms with van der Waals surface area (Å²) < 4.78 is 12.8. The number of hydrogen-bond donors (Lipinski definition) is 1. The average Bonchev–Trinajstić information content (AvgIpc) is 3.04. The van der Waals surface area contributed by atoms with E-state index in [4.69, 9.17) is 23.2 Å². The van der Waals surface area contributed by atoms with E-state index >= 15 is 0 Å². The van der Waals surface area contributed by atoms with Gasteiger partial charge in [0, 0.05) is 5.30 Å². The summed E-state index contributed by atoms with van der Waals surface area (Å²) in [7, 11) is -2.47. The van der Waals surface area contributed by atoms with E-state index < -0.39 is 7.14 Å². The van der Waals surface area contributed by atoms with Crippen molar-refractivity contribution in [2.75, 3.05) is 18.6 Å². The topological polar surface area (TPSA) is 54.9 Å². The van der Waals surface area contributed by atoms with Crippen LogP contribution in [0.3, 0.4) is 0 Å². The van der Waals surface area contributed by atoms with E-state index in [1.807, 2.05) is 6.07 Å². The van der Waals surface area contributed by atoms with Gasteiger partial charge in [0.1, 0.15) is 12.2 Å². The van der Waals surface area contributed by atoms with E-state index in [1.54, 1.807) is 13.3 Å². The second kappa shape index (κ2) is 7.03. The number of halogens is 2. The van der Waals surface area contributed by atoms with Crippen LogP contribution in [0.1, 0.15) is 37.2 Å². The number of nitrogens with one attached hydrogen (secondary N) is 1. The van der Waals surface area contributed by atoms with Crippen LogP contribution in [0.4, 0.5) is 11.5 Å². The molecule has 4 nitrogen and oxygen atoms in total. The molecule has 7 heteroatoms. The summed E-state index contributed by atoms with van der Waals surface area (Å²) in [5, 5.41) is 4.46. The Hall–Kier alpha value is -1.09. The molecule has 1 fully saturated rings. The van der Waals surface area contributed by atoms with Gasteiger partial charge in [0.2, 0.25) is 5.28 Å². The summed E-state index contributed by atoms with van der Waals surface area (Å²) in [6.45, 7) is 3.56. The van der Waals surface area contributed by atoms with Crippen LogP contribution in [-0.4, -0.2) is 23.3 Å². The zero-order chi connectivity index (χ0) is 17.3. The van der Waals surface area contributed by atoms with Gasteiger partial charge >= 0.3 is 0 Å². The molecule has 0 aliphatic heterocycles. The molecule has 0 unspecified atom stereocenters. The molecule has 0 bridgehead atoms. The molecule has 1 aromatic carbocycles. The third-order valence-corrected chi connectivity index (χ3v) is 6.39. The molecular formula is C17H20Cl2N3OP. The molecule has 0 radical (unpaired) electrons. The standard InChI is InChI=1S/C17H20Cl2N3OP/c1-24(2,23)15-9-12(11-5-3-4-6-11)7-8-14(15)21-16-13(18)10-20-17(19)22-16/h7-11H,3-6H2,1-2H3,(H,20,21,22). The lowest BCUT2D eigenvalue weighted by atomic mass is 9.97. The van der Waals surface area contributed by atoms with Crippen molar-refractivity contribution in [3.8, 4) is 0 Å². The number of anilines is 2. The van der Waals surface area contributed by atoms with Crippen LogP contribution in [0.25, 0.3) is 0 Å². The van der Waals surface area contributed by atoms with E-state index in [1.165, 1.54) is 37.4 Å². The Morgan fingerprint density at radius 1 is 1.21 bits per heavy atom. The Labute approximate surface area is 152 Å². The van der Waals surface area contributed by atoms with Crippen molar-refractivity contribution in [2.24, 2.45) is 0 Å². The predicted octanol–water partition coefficient (Wildman–Crippen LogP) is 5.43. The Morgan fingerprint density at radius 2 is 1.92 bits per heavy atom. The van der Waals surface area contributed by atoms with Crippen molar-refractivity contribution in [3.63, 3.8) is 0 Å². The minimum absolute atomic E-state index is 0.113. The lowest BCUT2D eigenvalue weighted by molar-refractivity contribution is 0.588. The molecule has 1 saturated carbocycles. The van der Waals surface area contributed by atoms with Gasteiger partial charge in [-0.25, -0.2) is 4.98 Å². The molecule has 0 spiro atoms. The first-order valence-corrected chi connectivity index (χ1v) is 11.3. The second-order valence-electron chi connectivity index (χ2n) is 6.57. The smallest absolute Gasteiger partial charge is 0.224 e. The van der Waals surface area contributed by atoms with Crippen molar-refractivity contribution >= 4 is 47.2 Å². The molecule has 0 saturated heterocycles. The number of benzene rings is 1. The van der Waals surface area contributed by atoms with Gasteiger partial charge in [0.05, 0.1) is 11.9 Å². The quantitative estimate of drug-likeness (QED) is 0.564. The van der Waals surface area contributed by atoms with Crippen molar-refractivity contribution < 1.29 is 4.57 Å². The fourth-order valence-electron chi connectivity index (χ4n) is 3.17. The van der Waals surface area contributed by atoms with Crippen LogP contribution in [0, 0.1) is 0 Å². The molecule has 1 N–H and O–H groups in total. The fraction of sp³-hybridized carbons (Fsp3) is 0.412. The maximum absolute atomic E-state index is 12.8. The van der Waals surface area contributed by atoms with Gasteiger partial charge in [0.25, 0.3) is 0 Å². The zero-order valence-electron chi connectivity index (χ0n) is 13.7. The number of rotatable bonds is 4. The van der Waals surface area contributed by atoms with Gasteiger partial charge in [-0.2, -0.15) is 4.98 Å². The lowest BCUT2D eigenvalue weighted by Crippen LogP contribution is -2.12. The number of aromatic nitrogens is 2. The maximum Gasteiger partial charge on any atom is 0.224 e. The minimum atomic E-state index is -2.47. The van der Waals surface area contributed by atoms with Crippen LogP contribution < -0.4 is 10.6 Å². The van der Waals surface area contributed by atoms with Gasteiger partial charge < -0.3 is 9.88 Å². The third-order valence-electron chi connectivity index (χ3n) is 4.40. The highest BCUT2D eigenvalue weighted by molar-refractivity contribution is 7.70. The highest BCUT2D eigenvalue weighted by Crippen LogP contribution is 2.41. The summed E-state index contributed by atoms with van der Waals surface area (Å²) in [5.74, 6) is 0.987. The Kier molecular flexibility index (Phi) is 5.19. The summed E-state index contributed by atoms with van der Waals surface area (Å²) in [6.07, 6.45) is 6.40. The van der Waals surface area contributed by atoms with E-state index in [0.717, 1.165) is 11.0 Å². The highest BCUT2D eigenvalue weighted by atomic mass is 35.5. The first-order valence-electron chi connectivity index (χ1n) is 7.99. The summed E-state index contributed by atoms with van der Waals surface area (Å²) in [4.78, 5) is 7.96. The molecule has 3 rings (SSSR count). The monoisotopic (exact) mass is 383 g/mol. The third kappa shape index (κ3) is 3.93. The van der Waals surface area contributed by atoms with Crippen molar-refractivity contribution in [1.82, 2.24) is 9.97 Å². The van der Waals surface area contributed by atoms with Gasteiger partial charge in [-0.3, -0.25) is 0 Å². The molecule has 128 valence electrons. The van der Waals surface area contributed by atoms with Gasteiger partial charge in [-0.05, 0) is 61.4 Å². The molecule has 0 amide bonds. The SMILES string of the molecule is CP(C)(=O)c1cc(C2CCCC2)ccc1Nc1nc(Cl)ncc1Cl. The second-order valence-corrected chi connectivity index (χ2v) is 10.5. The van der Waals surface area contributed by atoms with Crippen molar-refractivity contribution in [1.29, 1.82) is 0 Å². The Bertz CT molecular complexity index is 800. The largest absolute Gasteiger partial charge is 0.338 e. The minimum Gasteiger partial charge on any atom is -0.338 e. The first kappa shape index (κ1) is 17.7. The fourth-order valence-corrected chi connectivity index (χ4v) is 4.62. The van der Waals surface area contributed by atoms with Crippen molar-refractivity contribution in [3.05, 3.63) is 40.3 Å². The van der Waals surface area contributed by atoms with Gasteiger partial charge in [-0.1, -0.05) is 30.5 Å². The normalized spacial score (nSPS) is 15.7. The molecule has 2 aromatic rings. The van der Waals surface area contributed by atoms with E-state index in [2.05, 4.69) is 27.4 Å². The average molecular weight is 384 g/mol. The number of nitrogens with zero attached hydrogens (tertiary/aromatic N) is 2. The lowest BCUT2D eigenvalue weighted by Gasteiger charge is -2.19. The van der Waals surface area contributed by atoms with Crippen LogP contribution in [0.2, 0.25) is 10.3 Å². The number of hydrogen-bond acceptors (Lipinski definition) is 4. The van der Waals surface area contributed by atoms with E-state index in [0.29, 0.717) is 16.8 Å². The zero-order valence-corrected chi connectivity index (χ0v) is 16.1. The molecule has 1 aromatic heterocycles. The molecule has 1 heterocycles. The predicted molar refractivity (Wildman–Crippen MR) is 102 cm³/mol. The maximum atomic E-state index is 12.8. The van der Waals surface area contributed by atoms with E-state index in [-0.39, 0.29) is 5.28 Å². The Balaban J connectivity index is 2.00. The Morgan fingerprint density at radius 3 is 2.58 bits per heavy atom. The van der Waals surface area contributed by atoms with Gasteiger partial charge in [-0.15, -0.1) is 0 Å². The molecule has 1 aliphatic carbocycles. The van der Waals surface area contributed by atoms with E-state index in [9.17, 15) is 4.57 Å². The summed E-state index contributed by atoms with van der Waals surface area (Å²) in [5.41, 5.74) is 2.02. The molecular weight excluding hydrogens is 364 g/mol. The highest BCUT2D eigenvalue weighted by Gasteiger charge is 2.22.